The Morgan fingerprint density at radius 2 is 1.56 bits per heavy atom. The second kappa shape index (κ2) is 10.7. The molecule has 0 radical (unpaired) electrons. The van der Waals surface area contributed by atoms with E-state index in [0.717, 1.165) is 29.8 Å². The third-order valence-electron chi connectivity index (χ3n) is 5.68. The number of methoxy groups -OCH3 is 2. The standard InChI is InChI=1S/C26H29NO6S/c1-5-6-10-20-17-22(19-11-8-7-9-12-19)27(24(26(29)33-4)23(20)25(28)32-3)34(30,31)21-15-13-18(2)14-16-21/h7-9,11-17,22H,5-6,10H2,1-4H3. The van der Waals surface area contributed by atoms with Gasteiger partial charge in [0, 0.05) is 0 Å². The molecule has 0 aromatic heterocycles. The molecule has 1 unspecified atom stereocenters. The molecule has 7 nitrogen and oxygen atoms in total. The normalized spacial score (nSPS) is 16.2. The summed E-state index contributed by atoms with van der Waals surface area (Å²) < 4.78 is 38.9. The van der Waals surface area contributed by atoms with Gasteiger partial charge in [0.2, 0.25) is 0 Å². The molecule has 1 heterocycles. The van der Waals surface area contributed by atoms with Crippen LogP contribution in [0.3, 0.4) is 0 Å². The Kier molecular flexibility index (Phi) is 7.94. The second-order valence-electron chi connectivity index (χ2n) is 7.97. The Hall–Kier alpha value is -3.39. The molecule has 2 aromatic carbocycles. The molecule has 0 saturated carbocycles. The van der Waals surface area contributed by atoms with Crippen LogP contribution in [0.15, 0.2) is 82.4 Å². The van der Waals surface area contributed by atoms with Crippen LogP contribution in [0.25, 0.3) is 0 Å². The summed E-state index contributed by atoms with van der Waals surface area (Å²) in [6.45, 7) is 3.86. The topological polar surface area (TPSA) is 90.0 Å². The van der Waals surface area contributed by atoms with Crippen molar-refractivity contribution in [2.45, 2.75) is 44.0 Å². The van der Waals surface area contributed by atoms with Crippen LogP contribution in [-0.4, -0.2) is 38.9 Å². The number of hydrogen-bond donors (Lipinski definition) is 0. The molecule has 3 rings (SSSR count). The van der Waals surface area contributed by atoms with E-state index >= 15 is 0 Å². The first-order valence-electron chi connectivity index (χ1n) is 11.0. The van der Waals surface area contributed by atoms with Crippen LogP contribution < -0.4 is 0 Å². The predicted octanol–water partition coefficient (Wildman–Crippen LogP) is 4.46. The Labute approximate surface area is 200 Å². The molecule has 1 atom stereocenters. The number of ether oxygens (including phenoxy) is 2. The number of esters is 2. The van der Waals surface area contributed by atoms with Gasteiger partial charge in [-0.05, 0) is 43.0 Å². The summed E-state index contributed by atoms with van der Waals surface area (Å²) in [6, 6.07) is 14.4. The fourth-order valence-electron chi connectivity index (χ4n) is 3.91. The Morgan fingerprint density at radius 1 is 0.941 bits per heavy atom. The van der Waals surface area contributed by atoms with E-state index in [4.69, 9.17) is 9.47 Å². The Bertz CT molecular complexity index is 1210. The van der Waals surface area contributed by atoms with Crippen molar-refractivity contribution in [3.63, 3.8) is 0 Å². The van der Waals surface area contributed by atoms with Crippen LogP contribution in [0.5, 0.6) is 0 Å². The summed E-state index contributed by atoms with van der Waals surface area (Å²) >= 11 is 0. The molecule has 0 fully saturated rings. The minimum atomic E-state index is -4.28. The van der Waals surface area contributed by atoms with Crippen LogP contribution in [-0.2, 0) is 29.1 Å². The largest absolute Gasteiger partial charge is 0.465 e. The van der Waals surface area contributed by atoms with Crippen LogP contribution in [0.1, 0.15) is 43.4 Å². The number of sulfonamides is 1. The zero-order chi connectivity index (χ0) is 24.9. The fourth-order valence-corrected chi connectivity index (χ4v) is 5.51. The van der Waals surface area contributed by atoms with Gasteiger partial charge in [-0.1, -0.05) is 67.4 Å². The highest BCUT2D eigenvalue weighted by molar-refractivity contribution is 7.89. The van der Waals surface area contributed by atoms with Gasteiger partial charge in [0.15, 0.2) is 5.70 Å². The fraction of sp³-hybridized carbons (Fsp3) is 0.308. The van der Waals surface area contributed by atoms with Crippen molar-refractivity contribution in [2.24, 2.45) is 0 Å². The van der Waals surface area contributed by atoms with Crippen molar-refractivity contribution >= 4 is 22.0 Å². The van der Waals surface area contributed by atoms with Gasteiger partial charge in [0.1, 0.15) is 0 Å². The highest BCUT2D eigenvalue weighted by Gasteiger charge is 2.44. The van der Waals surface area contributed by atoms with Gasteiger partial charge in [0.25, 0.3) is 10.0 Å². The molecule has 2 aromatic rings. The number of carbonyl (C=O) groups excluding carboxylic acids is 2. The average Bonchev–Trinajstić information content (AvgIpc) is 2.86. The van der Waals surface area contributed by atoms with Gasteiger partial charge < -0.3 is 9.47 Å². The molecular weight excluding hydrogens is 454 g/mol. The molecule has 0 aliphatic carbocycles. The number of carbonyl (C=O) groups is 2. The first-order chi connectivity index (χ1) is 16.3. The van der Waals surface area contributed by atoms with Crippen molar-refractivity contribution in [3.05, 3.63) is 88.6 Å². The summed E-state index contributed by atoms with van der Waals surface area (Å²) in [7, 11) is -1.92. The minimum Gasteiger partial charge on any atom is -0.465 e. The van der Waals surface area contributed by atoms with E-state index in [2.05, 4.69) is 0 Å². The van der Waals surface area contributed by atoms with E-state index in [0.29, 0.717) is 17.6 Å². The maximum Gasteiger partial charge on any atom is 0.356 e. The highest BCUT2D eigenvalue weighted by Crippen LogP contribution is 2.42. The highest BCUT2D eigenvalue weighted by atomic mass is 32.2. The maximum atomic E-state index is 14.0. The predicted molar refractivity (Wildman–Crippen MR) is 128 cm³/mol. The zero-order valence-corrected chi connectivity index (χ0v) is 20.6. The van der Waals surface area contributed by atoms with Crippen molar-refractivity contribution in [2.75, 3.05) is 14.2 Å². The Balaban J connectivity index is 2.37. The zero-order valence-electron chi connectivity index (χ0n) is 19.8. The number of aryl methyl sites for hydroxylation is 1. The lowest BCUT2D eigenvalue weighted by Crippen LogP contribution is -2.41. The third kappa shape index (κ3) is 4.92. The van der Waals surface area contributed by atoms with Gasteiger partial charge in [-0.3, -0.25) is 0 Å². The molecule has 0 saturated heterocycles. The van der Waals surface area contributed by atoms with Gasteiger partial charge in [-0.25, -0.2) is 22.3 Å². The van der Waals surface area contributed by atoms with E-state index in [9.17, 15) is 18.0 Å². The minimum absolute atomic E-state index is 0.00458. The van der Waals surface area contributed by atoms with Gasteiger partial charge in [-0.2, -0.15) is 0 Å². The third-order valence-corrected chi connectivity index (χ3v) is 7.47. The SMILES string of the molecule is CCCCC1=CC(c2ccccc2)N(S(=O)(=O)c2ccc(C)cc2)C(C(=O)OC)=C1C(=O)OC. The summed E-state index contributed by atoms with van der Waals surface area (Å²) in [5.41, 5.74) is 1.65. The quantitative estimate of drug-likeness (QED) is 0.515. The van der Waals surface area contributed by atoms with Gasteiger partial charge in [-0.15, -0.1) is 0 Å². The molecule has 1 aliphatic heterocycles. The average molecular weight is 484 g/mol. The lowest BCUT2D eigenvalue weighted by atomic mass is 9.90. The van der Waals surface area contributed by atoms with Gasteiger partial charge in [0.05, 0.1) is 30.7 Å². The van der Waals surface area contributed by atoms with Crippen molar-refractivity contribution in [1.82, 2.24) is 4.31 Å². The van der Waals surface area contributed by atoms with Gasteiger partial charge >= 0.3 is 11.9 Å². The maximum absolute atomic E-state index is 14.0. The first kappa shape index (κ1) is 25.2. The number of hydrogen-bond acceptors (Lipinski definition) is 6. The molecular formula is C26H29NO6S. The van der Waals surface area contributed by atoms with E-state index in [1.54, 1.807) is 42.5 Å². The summed E-state index contributed by atoms with van der Waals surface area (Å²) in [6.07, 6.45) is 3.80. The van der Waals surface area contributed by atoms with Crippen LogP contribution >= 0.6 is 0 Å². The van der Waals surface area contributed by atoms with Crippen molar-refractivity contribution < 1.29 is 27.5 Å². The summed E-state index contributed by atoms with van der Waals surface area (Å²) in [4.78, 5) is 26.0. The van der Waals surface area contributed by atoms with Crippen molar-refractivity contribution in [3.8, 4) is 0 Å². The number of unbranched alkanes of at least 4 members (excludes halogenated alkanes) is 1. The molecule has 0 spiro atoms. The molecule has 1 aliphatic rings. The number of nitrogens with zero attached hydrogens (tertiary/aromatic N) is 1. The second-order valence-corrected chi connectivity index (χ2v) is 9.79. The molecule has 0 bridgehead atoms. The summed E-state index contributed by atoms with van der Waals surface area (Å²) in [5.74, 6) is -1.72. The number of rotatable bonds is 8. The monoisotopic (exact) mass is 483 g/mol. The van der Waals surface area contributed by atoms with Crippen molar-refractivity contribution in [1.29, 1.82) is 0 Å². The lowest BCUT2D eigenvalue weighted by molar-refractivity contribution is -0.140. The van der Waals surface area contributed by atoms with E-state index in [1.165, 1.54) is 19.2 Å². The van der Waals surface area contributed by atoms with E-state index in [1.807, 2.05) is 19.9 Å². The van der Waals surface area contributed by atoms with Crippen LogP contribution in [0.2, 0.25) is 0 Å². The van der Waals surface area contributed by atoms with E-state index < -0.39 is 28.0 Å². The lowest BCUT2D eigenvalue weighted by Gasteiger charge is -2.37. The molecule has 8 heteroatoms. The smallest absolute Gasteiger partial charge is 0.356 e. The molecule has 34 heavy (non-hydrogen) atoms. The van der Waals surface area contributed by atoms with Crippen LogP contribution in [0.4, 0.5) is 0 Å². The van der Waals surface area contributed by atoms with Crippen LogP contribution in [0, 0.1) is 6.92 Å². The summed E-state index contributed by atoms with van der Waals surface area (Å²) in [5, 5.41) is 0. The molecule has 180 valence electrons. The van der Waals surface area contributed by atoms with E-state index in [-0.39, 0.29) is 16.2 Å². The first-order valence-corrected chi connectivity index (χ1v) is 12.5. The molecule has 0 amide bonds. The Morgan fingerprint density at radius 3 is 2.12 bits per heavy atom. The number of benzene rings is 2. The molecule has 0 N–H and O–H groups in total.